The van der Waals surface area contributed by atoms with E-state index in [1.165, 1.54) is 29.2 Å². The van der Waals surface area contributed by atoms with Gasteiger partial charge in [0.15, 0.2) is 0 Å². The fraction of sp³-hybridized carbons (Fsp3) is 0.0370. The van der Waals surface area contributed by atoms with Crippen molar-refractivity contribution in [3.05, 3.63) is 123 Å². The molecule has 0 spiro atoms. The Bertz CT molecular complexity index is 1560. The first-order valence-corrected chi connectivity index (χ1v) is 11.0. The van der Waals surface area contributed by atoms with Crippen LogP contribution in [0.15, 0.2) is 96.6 Å². The number of anilines is 1. The number of carbonyl (C=O) groups is 2. The van der Waals surface area contributed by atoms with Crippen LogP contribution in [0, 0.1) is 10.1 Å². The van der Waals surface area contributed by atoms with Crippen molar-refractivity contribution < 1.29 is 19.6 Å². The Morgan fingerprint density at radius 1 is 0.914 bits per heavy atom. The lowest BCUT2D eigenvalue weighted by Gasteiger charge is -2.26. The molecule has 0 radical (unpaired) electrons. The fourth-order valence-corrected chi connectivity index (χ4v) is 4.61. The van der Waals surface area contributed by atoms with Crippen molar-refractivity contribution in [1.82, 2.24) is 0 Å². The molecule has 8 heteroatoms. The van der Waals surface area contributed by atoms with Gasteiger partial charge in [-0.15, -0.1) is 0 Å². The van der Waals surface area contributed by atoms with Crippen LogP contribution >= 0.6 is 11.6 Å². The van der Waals surface area contributed by atoms with Crippen LogP contribution in [0.3, 0.4) is 0 Å². The molecule has 0 aliphatic carbocycles. The third kappa shape index (κ3) is 3.82. The monoisotopic (exact) mass is 484 g/mol. The van der Waals surface area contributed by atoms with Gasteiger partial charge in [0.1, 0.15) is 5.76 Å². The van der Waals surface area contributed by atoms with Gasteiger partial charge in [-0.05, 0) is 34.5 Å². The molecule has 1 N–H and O–H groups in total. The number of halogens is 1. The van der Waals surface area contributed by atoms with E-state index in [0.29, 0.717) is 16.3 Å². The Morgan fingerprint density at radius 3 is 2.40 bits per heavy atom. The van der Waals surface area contributed by atoms with Crippen molar-refractivity contribution in [2.75, 3.05) is 4.90 Å². The number of Topliss-reactive ketones (excluding diaryl/α,β-unsaturated/α-hetero) is 1. The highest BCUT2D eigenvalue weighted by Crippen LogP contribution is 2.44. The normalized spacial score (nSPS) is 17.2. The number of hydrogen-bond acceptors (Lipinski definition) is 5. The molecule has 7 nitrogen and oxygen atoms in total. The van der Waals surface area contributed by atoms with Gasteiger partial charge in [-0.3, -0.25) is 24.6 Å². The zero-order valence-electron chi connectivity index (χ0n) is 18.1. The van der Waals surface area contributed by atoms with E-state index in [4.69, 9.17) is 11.6 Å². The summed E-state index contributed by atoms with van der Waals surface area (Å²) in [4.78, 5) is 38.7. The Morgan fingerprint density at radius 2 is 1.63 bits per heavy atom. The van der Waals surface area contributed by atoms with E-state index in [1.807, 2.05) is 36.4 Å². The Labute approximate surface area is 204 Å². The number of rotatable bonds is 4. The maximum atomic E-state index is 13.4. The number of ketones is 1. The SMILES string of the molecule is O=C1C(=O)N(c2cccc(Cl)c2)C(c2cccc3ccccc23)/C1=C(/O)c1cccc([N+](=O)[O-])c1. The van der Waals surface area contributed by atoms with Crippen LogP contribution in [-0.4, -0.2) is 21.7 Å². The van der Waals surface area contributed by atoms with Gasteiger partial charge in [-0.1, -0.05) is 72.3 Å². The van der Waals surface area contributed by atoms with E-state index in [-0.39, 0.29) is 16.8 Å². The van der Waals surface area contributed by atoms with Crippen LogP contribution in [0.1, 0.15) is 17.2 Å². The average molecular weight is 485 g/mol. The molecule has 0 saturated carbocycles. The number of aliphatic hydroxyl groups excluding tert-OH is 1. The minimum absolute atomic E-state index is 0.0635. The van der Waals surface area contributed by atoms with Gasteiger partial charge < -0.3 is 5.11 Å². The summed E-state index contributed by atoms with van der Waals surface area (Å²) in [5.41, 5.74) is 0.657. The highest BCUT2D eigenvalue weighted by molar-refractivity contribution is 6.52. The minimum Gasteiger partial charge on any atom is -0.507 e. The van der Waals surface area contributed by atoms with Crippen molar-refractivity contribution in [3.8, 4) is 0 Å². The zero-order valence-corrected chi connectivity index (χ0v) is 18.8. The molecule has 0 aromatic heterocycles. The lowest BCUT2D eigenvalue weighted by molar-refractivity contribution is -0.384. The molecular formula is C27H17ClN2O5. The third-order valence-corrected chi connectivity index (χ3v) is 6.21. The maximum absolute atomic E-state index is 13.4. The highest BCUT2D eigenvalue weighted by atomic mass is 35.5. The van der Waals surface area contributed by atoms with Crippen LogP contribution in [0.4, 0.5) is 11.4 Å². The molecule has 35 heavy (non-hydrogen) atoms. The smallest absolute Gasteiger partial charge is 0.300 e. The van der Waals surface area contributed by atoms with Crippen LogP contribution < -0.4 is 4.90 Å². The van der Waals surface area contributed by atoms with Gasteiger partial charge >= 0.3 is 0 Å². The molecule has 1 amide bonds. The summed E-state index contributed by atoms with van der Waals surface area (Å²) < 4.78 is 0. The lowest BCUT2D eigenvalue weighted by Crippen LogP contribution is -2.29. The van der Waals surface area contributed by atoms with E-state index in [1.54, 1.807) is 30.3 Å². The van der Waals surface area contributed by atoms with E-state index in [9.17, 15) is 24.8 Å². The van der Waals surface area contributed by atoms with Crippen molar-refractivity contribution in [2.24, 2.45) is 0 Å². The highest BCUT2D eigenvalue weighted by Gasteiger charge is 2.47. The van der Waals surface area contributed by atoms with Crippen molar-refractivity contribution in [3.63, 3.8) is 0 Å². The van der Waals surface area contributed by atoms with Gasteiger partial charge in [0.05, 0.1) is 16.5 Å². The van der Waals surface area contributed by atoms with Gasteiger partial charge in [-0.25, -0.2) is 0 Å². The molecule has 1 aliphatic rings. The summed E-state index contributed by atoms with van der Waals surface area (Å²) in [6, 6.07) is 23.9. The molecule has 1 heterocycles. The van der Waals surface area contributed by atoms with Gasteiger partial charge in [0.25, 0.3) is 17.4 Å². The first-order chi connectivity index (χ1) is 16.9. The summed E-state index contributed by atoms with van der Waals surface area (Å²) in [6.45, 7) is 0. The van der Waals surface area contributed by atoms with E-state index in [0.717, 1.165) is 10.8 Å². The van der Waals surface area contributed by atoms with Crippen LogP contribution in [-0.2, 0) is 9.59 Å². The first kappa shape index (κ1) is 22.3. The van der Waals surface area contributed by atoms with Gasteiger partial charge in [0.2, 0.25) is 0 Å². The number of fused-ring (bicyclic) bond motifs is 1. The molecule has 4 aromatic rings. The summed E-state index contributed by atoms with van der Waals surface area (Å²) in [7, 11) is 0. The predicted octanol–water partition coefficient (Wildman–Crippen LogP) is 6.03. The molecule has 1 saturated heterocycles. The van der Waals surface area contributed by atoms with Crippen molar-refractivity contribution in [2.45, 2.75) is 6.04 Å². The standard InChI is InChI=1S/C27H17ClN2O5/c28-18-9-5-10-19(15-18)29-24(22-13-4-7-16-6-1-2-12-21(16)22)23(26(32)27(29)33)25(31)17-8-3-11-20(14-17)30(34)35/h1-15,24,31H/b25-23-. The number of amides is 1. The molecule has 0 bridgehead atoms. The number of benzene rings is 4. The summed E-state index contributed by atoms with van der Waals surface area (Å²) in [5, 5.41) is 24.6. The molecule has 5 rings (SSSR count). The van der Waals surface area contributed by atoms with Gasteiger partial charge in [-0.2, -0.15) is 0 Å². The minimum atomic E-state index is -0.987. The first-order valence-electron chi connectivity index (χ1n) is 10.7. The number of aliphatic hydroxyl groups is 1. The Hall–Kier alpha value is -4.49. The third-order valence-electron chi connectivity index (χ3n) is 5.98. The van der Waals surface area contributed by atoms with Crippen LogP contribution in [0.5, 0.6) is 0 Å². The van der Waals surface area contributed by atoms with Crippen LogP contribution in [0.25, 0.3) is 16.5 Å². The van der Waals surface area contributed by atoms with E-state index in [2.05, 4.69) is 0 Å². The fourth-order valence-electron chi connectivity index (χ4n) is 4.43. The second kappa shape index (κ2) is 8.70. The summed E-state index contributed by atoms with van der Waals surface area (Å²) in [5.74, 6) is -2.22. The van der Waals surface area contributed by atoms with Crippen molar-refractivity contribution >= 4 is 51.2 Å². The average Bonchev–Trinajstić information content (AvgIpc) is 3.13. The van der Waals surface area contributed by atoms with Crippen molar-refractivity contribution in [1.29, 1.82) is 0 Å². The number of nitrogens with zero attached hydrogens (tertiary/aromatic N) is 2. The van der Waals surface area contributed by atoms with Gasteiger partial charge in [0, 0.05) is 28.4 Å². The molecule has 1 aliphatic heterocycles. The number of hydrogen-bond donors (Lipinski definition) is 1. The van der Waals surface area contributed by atoms with Crippen LogP contribution in [0.2, 0.25) is 5.02 Å². The Balaban J connectivity index is 1.81. The quantitative estimate of drug-likeness (QED) is 0.125. The van der Waals surface area contributed by atoms with E-state index < -0.39 is 28.4 Å². The number of carbonyl (C=O) groups excluding carboxylic acids is 2. The molecule has 1 fully saturated rings. The molecular weight excluding hydrogens is 468 g/mol. The number of nitro benzene ring substituents is 1. The molecule has 1 atom stereocenters. The largest absolute Gasteiger partial charge is 0.507 e. The number of non-ortho nitro benzene ring substituents is 1. The predicted molar refractivity (Wildman–Crippen MR) is 133 cm³/mol. The maximum Gasteiger partial charge on any atom is 0.300 e. The Kier molecular flexibility index (Phi) is 5.55. The lowest BCUT2D eigenvalue weighted by atomic mass is 9.91. The second-order valence-corrected chi connectivity index (χ2v) is 8.46. The molecule has 172 valence electrons. The molecule has 4 aromatic carbocycles. The number of nitro groups is 1. The molecule has 1 unspecified atom stereocenters. The summed E-state index contributed by atoms with van der Waals surface area (Å²) in [6.07, 6.45) is 0. The topological polar surface area (TPSA) is 101 Å². The zero-order chi connectivity index (χ0) is 24.7. The summed E-state index contributed by atoms with van der Waals surface area (Å²) >= 11 is 6.19. The second-order valence-electron chi connectivity index (χ2n) is 8.02. The van der Waals surface area contributed by atoms with E-state index >= 15 is 0 Å².